The summed E-state index contributed by atoms with van der Waals surface area (Å²) in [5.41, 5.74) is 0.657. The predicted octanol–water partition coefficient (Wildman–Crippen LogP) is 4.03. The van der Waals surface area contributed by atoms with Gasteiger partial charge in [0.25, 0.3) is 0 Å². The third kappa shape index (κ3) is 4.56. The molecule has 0 radical (unpaired) electrons. The van der Waals surface area contributed by atoms with Gasteiger partial charge in [0.15, 0.2) is 0 Å². The standard InChI is InChI=1S/C25H29NO6/c1-24(2,12-21(27)30-3)13-22(28)31-16-32-23(29)26-14-20-11-25(20,15-26)19-9-8-17-6-4-5-7-18(17)10-19/h4-10,20H,11-16H2,1-3H3/t20-,25+/m1/s1. The molecule has 170 valence electrons. The van der Waals surface area contributed by atoms with Crippen LogP contribution in [0.2, 0.25) is 0 Å². The van der Waals surface area contributed by atoms with Crippen molar-refractivity contribution in [2.75, 3.05) is 27.0 Å². The van der Waals surface area contributed by atoms with Gasteiger partial charge in [-0.1, -0.05) is 56.3 Å². The highest BCUT2D eigenvalue weighted by atomic mass is 16.7. The molecule has 0 aromatic heterocycles. The first-order valence-electron chi connectivity index (χ1n) is 10.9. The van der Waals surface area contributed by atoms with Crippen LogP contribution in [0.15, 0.2) is 42.5 Å². The number of rotatable bonds is 7. The van der Waals surface area contributed by atoms with Gasteiger partial charge in [0.2, 0.25) is 6.79 Å². The molecule has 4 rings (SSSR count). The summed E-state index contributed by atoms with van der Waals surface area (Å²) in [6.45, 7) is 4.37. The minimum Gasteiger partial charge on any atom is -0.469 e. The Morgan fingerprint density at radius 3 is 2.50 bits per heavy atom. The minimum absolute atomic E-state index is 0.00234. The lowest BCUT2D eigenvalue weighted by molar-refractivity contribution is -0.155. The Kier molecular flexibility index (Phi) is 5.84. The van der Waals surface area contributed by atoms with E-state index in [9.17, 15) is 14.4 Å². The number of hydrogen-bond donors (Lipinski definition) is 0. The van der Waals surface area contributed by atoms with Gasteiger partial charge in [0.1, 0.15) is 0 Å². The van der Waals surface area contributed by atoms with Crippen LogP contribution in [-0.2, 0) is 29.2 Å². The monoisotopic (exact) mass is 439 g/mol. The van der Waals surface area contributed by atoms with E-state index < -0.39 is 24.3 Å². The molecule has 7 nitrogen and oxygen atoms in total. The predicted molar refractivity (Wildman–Crippen MR) is 118 cm³/mol. The lowest BCUT2D eigenvalue weighted by Gasteiger charge is -2.23. The molecule has 1 heterocycles. The molecular formula is C25H29NO6. The van der Waals surface area contributed by atoms with E-state index in [2.05, 4.69) is 35.1 Å². The van der Waals surface area contributed by atoms with Gasteiger partial charge < -0.3 is 19.1 Å². The second-order valence-corrected chi connectivity index (χ2v) is 9.64. The largest absolute Gasteiger partial charge is 0.469 e. The van der Waals surface area contributed by atoms with Crippen LogP contribution in [0.4, 0.5) is 4.79 Å². The molecule has 1 aliphatic heterocycles. The molecule has 2 aromatic rings. The second kappa shape index (κ2) is 8.45. The molecule has 1 aliphatic carbocycles. The molecule has 2 aromatic carbocycles. The van der Waals surface area contributed by atoms with Crippen LogP contribution in [-0.4, -0.2) is 49.9 Å². The van der Waals surface area contributed by atoms with Crippen molar-refractivity contribution in [3.63, 3.8) is 0 Å². The van der Waals surface area contributed by atoms with Gasteiger partial charge in [-0.05, 0) is 34.1 Å². The number of esters is 2. The number of hydrogen-bond acceptors (Lipinski definition) is 6. The number of amides is 1. The molecule has 0 spiro atoms. The molecule has 32 heavy (non-hydrogen) atoms. The van der Waals surface area contributed by atoms with E-state index in [0.29, 0.717) is 19.0 Å². The molecule has 1 amide bonds. The first kappa shape index (κ1) is 22.1. The molecule has 0 unspecified atom stereocenters. The van der Waals surface area contributed by atoms with Crippen molar-refractivity contribution in [1.82, 2.24) is 4.90 Å². The van der Waals surface area contributed by atoms with E-state index in [0.717, 1.165) is 6.42 Å². The smallest absolute Gasteiger partial charge is 0.412 e. The summed E-state index contributed by atoms with van der Waals surface area (Å²) in [4.78, 5) is 37.7. The van der Waals surface area contributed by atoms with E-state index in [4.69, 9.17) is 9.47 Å². The Morgan fingerprint density at radius 1 is 1.03 bits per heavy atom. The molecule has 2 aliphatic rings. The number of carbonyl (C=O) groups excluding carboxylic acids is 3. The SMILES string of the molecule is COC(=O)CC(C)(C)CC(=O)OCOC(=O)N1C[C@H]2C[C@@]2(c2ccc3ccccc3c2)C1. The number of nitrogens with zero attached hydrogens (tertiary/aromatic N) is 1. The summed E-state index contributed by atoms with van der Waals surface area (Å²) in [6, 6.07) is 14.8. The second-order valence-electron chi connectivity index (χ2n) is 9.64. The fraction of sp³-hybridized carbons (Fsp3) is 0.480. The van der Waals surface area contributed by atoms with Crippen molar-refractivity contribution < 1.29 is 28.6 Å². The summed E-state index contributed by atoms with van der Waals surface area (Å²) in [7, 11) is 1.31. The zero-order chi connectivity index (χ0) is 22.9. The van der Waals surface area contributed by atoms with Gasteiger partial charge in [-0.2, -0.15) is 0 Å². The van der Waals surface area contributed by atoms with Crippen molar-refractivity contribution >= 4 is 28.8 Å². The van der Waals surface area contributed by atoms with E-state index in [1.54, 1.807) is 18.7 Å². The van der Waals surface area contributed by atoms with Crippen molar-refractivity contribution in [2.24, 2.45) is 11.3 Å². The van der Waals surface area contributed by atoms with E-state index in [1.807, 2.05) is 12.1 Å². The number of likely N-dealkylation sites (tertiary alicyclic amines) is 1. The fourth-order valence-electron chi connectivity index (χ4n) is 4.77. The average molecular weight is 440 g/mol. The molecule has 0 N–H and O–H groups in total. The summed E-state index contributed by atoms with van der Waals surface area (Å²) in [5.74, 6) is -0.483. The average Bonchev–Trinajstić information content (AvgIpc) is 3.33. The van der Waals surface area contributed by atoms with Crippen molar-refractivity contribution in [1.29, 1.82) is 0 Å². The van der Waals surface area contributed by atoms with Crippen LogP contribution >= 0.6 is 0 Å². The summed E-state index contributed by atoms with van der Waals surface area (Å²) in [6.07, 6.45) is 0.722. The van der Waals surface area contributed by atoms with Gasteiger partial charge in [-0.15, -0.1) is 0 Å². The summed E-state index contributed by atoms with van der Waals surface area (Å²) >= 11 is 0. The van der Waals surface area contributed by atoms with Gasteiger partial charge in [-0.3, -0.25) is 9.59 Å². The Balaban J connectivity index is 1.27. The van der Waals surface area contributed by atoms with Crippen LogP contribution in [0.25, 0.3) is 10.8 Å². The van der Waals surface area contributed by atoms with Crippen molar-refractivity contribution in [3.8, 4) is 0 Å². The lowest BCUT2D eigenvalue weighted by atomic mass is 9.86. The number of methoxy groups -OCH3 is 1. The number of fused-ring (bicyclic) bond motifs is 2. The maximum atomic E-state index is 12.5. The number of benzene rings is 2. The molecule has 2 atom stereocenters. The summed E-state index contributed by atoms with van der Waals surface area (Å²) in [5, 5.41) is 2.41. The van der Waals surface area contributed by atoms with Gasteiger partial charge in [0.05, 0.1) is 20.0 Å². The van der Waals surface area contributed by atoms with E-state index in [1.165, 1.54) is 23.4 Å². The highest BCUT2D eigenvalue weighted by molar-refractivity contribution is 5.83. The van der Waals surface area contributed by atoms with E-state index >= 15 is 0 Å². The minimum atomic E-state index is -0.601. The number of ether oxygens (including phenoxy) is 3. The fourth-order valence-corrected chi connectivity index (χ4v) is 4.77. The van der Waals surface area contributed by atoms with Crippen LogP contribution in [0.1, 0.15) is 38.7 Å². The Bertz CT molecular complexity index is 1050. The molecule has 1 saturated carbocycles. The lowest BCUT2D eigenvalue weighted by Crippen LogP contribution is -2.34. The maximum absolute atomic E-state index is 12.5. The first-order valence-corrected chi connectivity index (χ1v) is 10.9. The topological polar surface area (TPSA) is 82.1 Å². The maximum Gasteiger partial charge on any atom is 0.412 e. The third-order valence-electron chi connectivity index (χ3n) is 6.60. The Labute approximate surface area is 187 Å². The van der Waals surface area contributed by atoms with Crippen LogP contribution in [0.3, 0.4) is 0 Å². The van der Waals surface area contributed by atoms with Gasteiger partial charge in [0, 0.05) is 18.5 Å². The van der Waals surface area contributed by atoms with E-state index in [-0.39, 0.29) is 24.2 Å². The van der Waals surface area contributed by atoms with Gasteiger partial charge >= 0.3 is 18.0 Å². The molecule has 0 bridgehead atoms. The Morgan fingerprint density at radius 2 is 1.75 bits per heavy atom. The molecule has 1 saturated heterocycles. The van der Waals surface area contributed by atoms with Crippen LogP contribution < -0.4 is 0 Å². The Hall–Kier alpha value is -3.09. The van der Waals surface area contributed by atoms with Crippen LogP contribution in [0.5, 0.6) is 0 Å². The van der Waals surface area contributed by atoms with Crippen LogP contribution in [0, 0.1) is 11.3 Å². The normalized spacial score (nSPS) is 21.7. The zero-order valence-electron chi connectivity index (χ0n) is 18.8. The highest BCUT2D eigenvalue weighted by Gasteiger charge is 2.62. The summed E-state index contributed by atoms with van der Waals surface area (Å²) < 4.78 is 14.9. The molecule has 2 fully saturated rings. The number of piperidine rings is 1. The number of carbonyl (C=O) groups is 3. The quantitative estimate of drug-likeness (QED) is 0.479. The third-order valence-corrected chi connectivity index (χ3v) is 6.60. The van der Waals surface area contributed by atoms with Crippen molar-refractivity contribution in [2.45, 2.75) is 38.5 Å². The van der Waals surface area contributed by atoms with Crippen molar-refractivity contribution in [3.05, 3.63) is 48.0 Å². The van der Waals surface area contributed by atoms with Gasteiger partial charge in [-0.25, -0.2) is 4.79 Å². The first-order chi connectivity index (χ1) is 15.2. The molecule has 7 heteroatoms. The zero-order valence-corrected chi connectivity index (χ0v) is 18.8. The molecular weight excluding hydrogens is 410 g/mol. The highest BCUT2D eigenvalue weighted by Crippen LogP contribution is 2.59.